The lowest BCUT2D eigenvalue weighted by atomic mass is 9.57. The zero-order valence-corrected chi connectivity index (χ0v) is 22.9. The maximum Gasteiger partial charge on any atom is 0.605 e. The van der Waals surface area contributed by atoms with E-state index in [0.717, 1.165) is 5.56 Å². The summed E-state index contributed by atoms with van der Waals surface area (Å²) >= 11 is 1.53. The molecule has 1 aromatic heterocycles. The predicted molar refractivity (Wildman–Crippen MR) is 144 cm³/mol. The molecule has 3 aliphatic heterocycles. The van der Waals surface area contributed by atoms with E-state index in [0.29, 0.717) is 17.9 Å². The molecule has 2 aromatic rings. The molecule has 5 rings (SSSR count). The maximum atomic E-state index is 13.9. The first-order valence-corrected chi connectivity index (χ1v) is 14.3. The van der Waals surface area contributed by atoms with Crippen molar-refractivity contribution in [2.75, 3.05) is 18.6 Å². The van der Waals surface area contributed by atoms with E-state index in [-0.39, 0.29) is 22.4 Å². The fourth-order valence-electron chi connectivity index (χ4n) is 6.05. The minimum atomic E-state index is -2.58. The van der Waals surface area contributed by atoms with Crippen molar-refractivity contribution in [3.8, 4) is 0 Å². The number of rotatable bonds is 9. The van der Waals surface area contributed by atoms with Gasteiger partial charge in [-0.25, -0.2) is 14.6 Å². The van der Waals surface area contributed by atoms with E-state index in [1.807, 2.05) is 51.2 Å². The van der Waals surface area contributed by atoms with Gasteiger partial charge in [0.05, 0.1) is 23.6 Å². The standard InChI is InChI=1S/C26H32BN5O6S/c1-16(2)11-22(27-32(3)20(25(35)37-27)14-39-15-21(32)26(36)38-27)31-23(33)18(12-17-7-5-4-6-8-17)30-24(34)19-13-28-9-10-29-19/h4-10,13,16,18,20-22H,11-12,14-15H2,1-3H3,(H,30,34)(H,31,33)/t18-,20-,21+,22-,27?,32?/m0/s1. The number of likely N-dealkylation sites (N-methyl/N-ethyl adjacent to an activating group) is 1. The Morgan fingerprint density at radius 3 is 2.33 bits per heavy atom. The highest BCUT2D eigenvalue weighted by Crippen LogP contribution is 2.48. The third-order valence-corrected chi connectivity index (χ3v) is 9.15. The normalized spacial score (nSPS) is 28.7. The highest BCUT2D eigenvalue weighted by molar-refractivity contribution is 7.99. The second kappa shape index (κ2) is 10.6. The van der Waals surface area contributed by atoms with Gasteiger partial charge in [0.1, 0.15) is 11.7 Å². The molecular formula is C26H32BN5O6S. The number of aromatic nitrogens is 2. The van der Waals surface area contributed by atoms with Gasteiger partial charge in [0.2, 0.25) is 5.91 Å². The number of carbonyl (C=O) groups excluding carboxylic acids is 4. The summed E-state index contributed by atoms with van der Waals surface area (Å²) < 4.78 is 12.0. The van der Waals surface area contributed by atoms with Gasteiger partial charge < -0.3 is 24.3 Å². The first-order valence-electron chi connectivity index (χ1n) is 13.1. The minimum Gasteiger partial charge on any atom is -0.599 e. The molecule has 2 N–H and O–H groups in total. The molecule has 206 valence electrons. The highest BCUT2D eigenvalue weighted by atomic mass is 32.2. The highest BCUT2D eigenvalue weighted by Gasteiger charge is 2.77. The van der Waals surface area contributed by atoms with Crippen molar-refractivity contribution in [1.82, 2.24) is 20.6 Å². The van der Waals surface area contributed by atoms with Crippen LogP contribution in [0.3, 0.4) is 0 Å². The van der Waals surface area contributed by atoms with Gasteiger partial charge in [-0.15, -0.1) is 11.8 Å². The number of nitrogens with zero attached hydrogens (tertiary/aromatic N) is 3. The molecule has 0 radical (unpaired) electrons. The van der Waals surface area contributed by atoms with Crippen LogP contribution in [0.1, 0.15) is 36.3 Å². The van der Waals surface area contributed by atoms with Crippen molar-refractivity contribution >= 4 is 42.2 Å². The van der Waals surface area contributed by atoms with E-state index in [2.05, 4.69) is 20.6 Å². The number of benzene rings is 1. The van der Waals surface area contributed by atoms with E-state index < -0.39 is 54.5 Å². The van der Waals surface area contributed by atoms with Crippen LogP contribution in [0.15, 0.2) is 48.9 Å². The number of carbonyl (C=O) groups is 4. The lowest BCUT2D eigenvalue weighted by Crippen LogP contribution is -2.76. The summed E-state index contributed by atoms with van der Waals surface area (Å²) in [6, 6.07) is 7.23. The Kier molecular flexibility index (Phi) is 7.38. The topological polar surface area (TPSA) is 137 Å². The summed E-state index contributed by atoms with van der Waals surface area (Å²) in [5.41, 5.74) is 0.918. The van der Waals surface area contributed by atoms with Gasteiger partial charge >= 0.3 is 18.6 Å². The molecule has 3 aliphatic rings. The molecule has 1 aromatic carbocycles. The van der Waals surface area contributed by atoms with E-state index in [1.165, 1.54) is 30.4 Å². The van der Waals surface area contributed by atoms with Crippen LogP contribution in [0.2, 0.25) is 0 Å². The molecule has 4 heterocycles. The maximum absolute atomic E-state index is 13.9. The quantitative estimate of drug-likeness (QED) is 0.434. The average molecular weight is 553 g/mol. The molecule has 0 spiro atoms. The van der Waals surface area contributed by atoms with Gasteiger partial charge in [-0.2, -0.15) is 0 Å². The number of thioether (sulfide) groups is 1. The molecule has 0 aliphatic carbocycles. The molecule has 0 bridgehead atoms. The largest absolute Gasteiger partial charge is 0.605 e. The van der Waals surface area contributed by atoms with Gasteiger partial charge in [0, 0.05) is 25.9 Å². The molecule has 6 atom stereocenters. The molecule has 39 heavy (non-hydrogen) atoms. The average Bonchev–Trinajstić information content (AvgIpc) is 3.28. The van der Waals surface area contributed by atoms with Crippen molar-refractivity contribution in [3.05, 3.63) is 60.2 Å². The fourth-order valence-corrected chi connectivity index (χ4v) is 7.55. The van der Waals surface area contributed by atoms with Crippen molar-refractivity contribution in [3.63, 3.8) is 0 Å². The fraction of sp³-hybridized carbons (Fsp3) is 0.462. The van der Waals surface area contributed by atoms with E-state index in [9.17, 15) is 19.2 Å². The molecule has 2 unspecified atom stereocenters. The van der Waals surface area contributed by atoms with Crippen molar-refractivity contribution in [2.24, 2.45) is 5.92 Å². The molecule has 11 nitrogen and oxygen atoms in total. The smallest absolute Gasteiger partial charge is 0.599 e. The molecule has 3 fully saturated rings. The lowest BCUT2D eigenvalue weighted by Gasteiger charge is -2.51. The summed E-state index contributed by atoms with van der Waals surface area (Å²) in [6.45, 7) is 1.38. The van der Waals surface area contributed by atoms with Crippen LogP contribution < -0.4 is 10.6 Å². The number of nitrogens with one attached hydrogen (secondary N) is 2. The van der Waals surface area contributed by atoms with Crippen LogP contribution in [-0.4, -0.2) is 87.4 Å². The SMILES string of the molecule is CC(C)C[C@H](NC(=O)[C@H](Cc1ccccc1)NC(=O)c1cnccn1)[B-]12OC(=O)[C@H]3CSC[C@@H](C(=O)O1)[N+]32C. The minimum absolute atomic E-state index is 0.0116. The molecular weight excluding hydrogens is 521 g/mol. The van der Waals surface area contributed by atoms with Gasteiger partial charge in [0.25, 0.3) is 5.91 Å². The summed E-state index contributed by atoms with van der Waals surface area (Å²) in [5, 5.41) is 5.83. The van der Waals surface area contributed by atoms with Crippen molar-refractivity contribution in [1.29, 1.82) is 0 Å². The lowest BCUT2D eigenvalue weighted by molar-refractivity contribution is -0.840. The summed E-state index contributed by atoms with van der Waals surface area (Å²) in [5.74, 6) is -1.53. The van der Waals surface area contributed by atoms with Crippen LogP contribution in [0.25, 0.3) is 0 Å². The van der Waals surface area contributed by atoms with Gasteiger partial charge in [-0.05, 0) is 17.9 Å². The molecule has 0 saturated carbocycles. The number of amides is 2. The Balaban J connectivity index is 1.46. The summed E-state index contributed by atoms with van der Waals surface area (Å²) in [6.07, 6.45) is 4.80. The second-order valence-electron chi connectivity index (χ2n) is 10.9. The Bertz CT molecular complexity index is 1240. The third kappa shape index (κ3) is 4.78. The van der Waals surface area contributed by atoms with Crippen LogP contribution >= 0.6 is 11.8 Å². The zero-order valence-electron chi connectivity index (χ0n) is 22.1. The second-order valence-corrected chi connectivity index (χ2v) is 12.0. The van der Waals surface area contributed by atoms with Crippen LogP contribution in [0.4, 0.5) is 0 Å². The Morgan fingerprint density at radius 2 is 1.74 bits per heavy atom. The van der Waals surface area contributed by atoms with Crippen LogP contribution in [0.5, 0.6) is 0 Å². The van der Waals surface area contributed by atoms with Crippen molar-refractivity contribution in [2.45, 2.75) is 50.8 Å². The first-order chi connectivity index (χ1) is 18.7. The monoisotopic (exact) mass is 553 g/mol. The van der Waals surface area contributed by atoms with Crippen molar-refractivity contribution < 1.29 is 32.9 Å². The predicted octanol–water partition coefficient (Wildman–Crippen LogP) is 0.871. The zero-order chi connectivity index (χ0) is 27.8. The van der Waals surface area contributed by atoms with Crippen LogP contribution in [-0.2, 0) is 30.1 Å². The third-order valence-electron chi connectivity index (χ3n) is 8.05. The molecule has 2 amide bonds. The van der Waals surface area contributed by atoms with E-state index >= 15 is 0 Å². The number of hydrogen-bond acceptors (Lipinski definition) is 9. The van der Waals surface area contributed by atoms with Gasteiger partial charge in [-0.3, -0.25) is 14.6 Å². The Morgan fingerprint density at radius 1 is 1.08 bits per heavy atom. The van der Waals surface area contributed by atoms with E-state index in [4.69, 9.17) is 9.31 Å². The van der Waals surface area contributed by atoms with Gasteiger partial charge in [0.15, 0.2) is 12.1 Å². The number of quaternary nitrogens is 1. The van der Waals surface area contributed by atoms with Gasteiger partial charge in [-0.1, -0.05) is 44.2 Å². The molecule has 13 heteroatoms. The first kappa shape index (κ1) is 27.1. The summed E-state index contributed by atoms with van der Waals surface area (Å²) in [7, 11) is 1.83. The van der Waals surface area contributed by atoms with E-state index in [1.54, 1.807) is 0 Å². The van der Waals surface area contributed by atoms with Crippen LogP contribution in [0, 0.1) is 5.92 Å². The number of hydrogen-bond donors (Lipinski definition) is 2. The Labute approximate surface area is 231 Å². The summed E-state index contributed by atoms with van der Waals surface area (Å²) in [4.78, 5) is 61.0. The molecule has 3 saturated heterocycles. The Hall–Kier alpha value is -3.45.